The van der Waals surface area contributed by atoms with Gasteiger partial charge in [0.1, 0.15) is 0 Å². The molecule has 0 spiro atoms. The molecule has 0 aromatic carbocycles. The summed E-state index contributed by atoms with van der Waals surface area (Å²) in [6.45, 7) is 9.50. The molecule has 2 rings (SSSR count). The summed E-state index contributed by atoms with van der Waals surface area (Å²) >= 11 is 0. The zero-order valence-electron chi connectivity index (χ0n) is 13.1. The molecule has 0 aliphatic carbocycles. The van der Waals surface area contributed by atoms with Gasteiger partial charge in [-0.25, -0.2) is 0 Å². The third-order valence-electron chi connectivity index (χ3n) is 4.61. The zero-order valence-corrected chi connectivity index (χ0v) is 15.4. The fraction of sp³-hybridized carbons (Fsp3) is 0.933. The van der Waals surface area contributed by atoms with Gasteiger partial charge in [-0.15, -0.1) is 24.0 Å². The molecule has 4 nitrogen and oxygen atoms in total. The van der Waals surface area contributed by atoms with Crippen LogP contribution in [0.5, 0.6) is 0 Å². The summed E-state index contributed by atoms with van der Waals surface area (Å²) in [6, 6.07) is 0. The smallest absolute Gasteiger partial charge is 0.193 e. The molecule has 0 aromatic heterocycles. The Morgan fingerprint density at radius 1 is 1.15 bits per heavy atom. The van der Waals surface area contributed by atoms with Crippen molar-refractivity contribution < 1.29 is 0 Å². The van der Waals surface area contributed by atoms with E-state index in [1.165, 1.54) is 64.8 Å². The maximum atomic E-state index is 4.40. The maximum absolute atomic E-state index is 4.40. The van der Waals surface area contributed by atoms with Gasteiger partial charge in [0.05, 0.1) is 0 Å². The SMILES string of the molecule is CCN1CCC(CCNC(=NC)N2CCCC2)CC1.I. The number of likely N-dealkylation sites (tertiary alicyclic amines) is 2. The molecule has 0 unspecified atom stereocenters. The fourth-order valence-electron chi connectivity index (χ4n) is 3.24. The lowest BCUT2D eigenvalue weighted by atomic mass is 9.93. The van der Waals surface area contributed by atoms with Crippen molar-refractivity contribution in [3.63, 3.8) is 0 Å². The second kappa shape index (κ2) is 9.82. The molecule has 0 saturated carbocycles. The molecule has 5 heteroatoms. The Kier molecular flexibility index (Phi) is 8.84. The molecule has 0 atom stereocenters. The largest absolute Gasteiger partial charge is 0.356 e. The topological polar surface area (TPSA) is 30.9 Å². The van der Waals surface area contributed by atoms with Crippen LogP contribution < -0.4 is 5.32 Å². The molecule has 2 aliphatic heterocycles. The van der Waals surface area contributed by atoms with Gasteiger partial charge in [0.25, 0.3) is 0 Å². The first-order valence-corrected chi connectivity index (χ1v) is 8.01. The number of hydrogen-bond acceptors (Lipinski definition) is 2. The van der Waals surface area contributed by atoms with Crippen LogP contribution in [0.3, 0.4) is 0 Å². The Hall–Kier alpha value is -0.0400. The van der Waals surface area contributed by atoms with Gasteiger partial charge >= 0.3 is 0 Å². The second-order valence-corrected chi connectivity index (χ2v) is 5.83. The summed E-state index contributed by atoms with van der Waals surface area (Å²) in [4.78, 5) is 9.35. The van der Waals surface area contributed by atoms with E-state index in [0.717, 1.165) is 18.4 Å². The first-order chi connectivity index (χ1) is 9.33. The van der Waals surface area contributed by atoms with Crippen molar-refractivity contribution >= 4 is 29.9 Å². The predicted molar refractivity (Wildman–Crippen MR) is 97.0 cm³/mol. The average Bonchev–Trinajstić information content (AvgIpc) is 2.98. The molecule has 0 radical (unpaired) electrons. The van der Waals surface area contributed by atoms with Gasteiger partial charge in [-0.2, -0.15) is 0 Å². The van der Waals surface area contributed by atoms with Crippen LogP contribution in [-0.4, -0.2) is 62.1 Å². The monoisotopic (exact) mass is 394 g/mol. The summed E-state index contributed by atoms with van der Waals surface area (Å²) in [7, 11) is 1.90. The second-order valence-electron chi connectivity index (χ2n) is 5.83. The summed E-state index contributed by atoms with van der Waals surface area (Å²) in [5, 5.41) is 3.55. The van der Waals surface area contributed by atoms with E-state index in [2.05, 4.69) is 27.0 Å². The summed E-state index contributed by atoms with van der Waals surface area (Å²) in [5.41, 5.74) is 0. The van der Waals surface area contributed by atoms with E-state index in [4.69, 9.17) is 0 Å². The van der Waals surface area contributed by atoms with Crippen molar-refractivity contribution in [2.45, 2.75) is 39.0 Å². The van der Waals surface area contributed by atoms with Gasteiger partial charge in [-0.05, 0) is 57.7 Å². The Labute approximate surface area is 141 Å². The summed E-state index contributed by atoms with van der Waals surface area (Å²) in [5.74, 6) is 2.02. The van der Waals surface area contributed by atoms with Crippen molar-refractivity contribution in [3.8, 4) is 0 Å². The number of nitrogens with one attached hydrogen (secondary N) is 1. The van der Waals surface area contributed by atoms with Gasteiger partial charge in [-0.3, -0.25) is 4.99 Å². The third-order valence-corrected chi connectivity index (χ3v) is 4.61. The molecule has 2 heterocycles. The lowest BCUT2D eigenvalue weighted by Gasteiger charge is -2.31. The molecule has 2 saturated heterocycles. The van der Waals surface area contributed by atoms with E-state index < -0.39 is 0 Å². The van der Waals surface area contributed by atoms with Crippen LogP contribution in [-0.2, 0) is 0 Å². The highest BCUT2D eigenvalue weighted by Crippen LogP contribution is 2.19. The minimum atomic E-state index is 0. The Balaban J connectivity index is 0.00000200. The van der Waals surface area contributed by atoms with E-state index >= 15 is 0 Å². The number of halogens is 1. The van der Waals surface area contributed by atoms with Crippen molar-refractivity contribution in [2.75, 3.05) is 46.3 Å². The van der Waals surface area contributed by atoms with Gasteiger partial charge in [0.2, 0.25) is 0 Å². The lowest BCUT2D eigenvalue weighted by molar-refractivity contribution is 0.187. The highest BCUT2D eigenvalue weighted by molar-refractivity contribution is 14.0. The van der Waals surface area contributed by atoms with Crippen LogP contribution in [0.4, 0.5) is 0 Å². The normalized spacial score (nSPS) is 21.9. The number of hydrogen-bond donors (Lipinski definition) is 1. The summed E-state index contributed by atoms with van der Waals surface area (Å²) < 4.78 is 0. The molecule has 0 aromatic rings. The number of rotatable bonds is 4. The molecular weight excluding hydrogens is 363 g/mol. The van der Waals surface area contributed by atoms with Crippen molar-refractivity contribution in [1.29, 1.82) is 0 Å². The van der Waals surface area contributed by atoms with Crippen LogP contribution >= 0.6 is 24.0 Å². The highest BCUT2D eigenvalue weighted by atomic mass is 127. The molecule has 1 N–H and O–H groups in total. The Morgan fingerprint density at radius 2 is 1.80 bits per heavy atom. The third kappa shape index (κ3) is 5.39. The molecule has 20 heavy (non-hydrogen) atoms. The first kappa shape index (κ1) is 18.0. The number of piperidine rings is 1. The van der Waals surface area contributed by atoms with Crippen LogP contribution in [0.25, 0.3) is 0 Å². The van der Waals surface area contributed by atoms with Crippen molar-refractivity contribution in [1.82, 2.24) is 15.1 Å². The van der Waals surface area contributed by atoms with Crippen molar-refractivity contribution in [3.05, 3.63) is 0 Å². The zero-order chi connectivity index (χ0) is 13.5. The quantitative estimate of drug-likeness (QED) is 0.451. The van der Waals surface area contributed by atoms with Gasteiger partial charge in [-0.1, -0.05) is 6.92 Å². The lowest BCUT2D eigenvalue weighted by Crippen LogP contribution is -2.41. The van der Waals surface area contributed by atoms with Crippen molar-refractivity contribution in [2.24, 2.45) is 10.9 Å². The van der Waals surface area contributed by atoms with E-state index in [9.17, 15) is 0 Å². The van der Waals surface area contributed by atoms with Gasteiger partial charge in [0.15, 0.2) is 5.96 Å². The molecule has 0 amide bonds. The van der Waals surface area contributed by atoms with Crippen LogP contribution in [0, 0.1) is 5.92 Å². The molecular formula is C15H31IN4. The van der Waals surface area contributed by atoms with E-state index in [0.29, 0.717) is 0 Å². The summed E-state index contributed by atoms with van der Waals surface area (Å²) in [6.07, 6.45) is 6.67. The van der Waals surface area contributed by atoms with E-state index in [1.54, 1.807) is 0 Å². The Morgan fingerprint density at radius 3 is 2.35 bits per heavy atom. The fourth-order valence-corrected chi connectivity index (χ4v) is 3.24. The number of aliphatic imine (C=N–C) groups is 1. The van der Waals surface area contributed by atoms with Gasteiger partial charge in [0, 0.05) is 26.7 Å². The first-order valence-electron chi connectivity index (χ1n) is 8.01. The Bertz CT molecular complexity index is 282. The molecule has 118 valence electrons. The molecule has 2 fully saturated rings. The number of guanidine groups is 1. The minimum absolute atomic E-state index is 0. The van der Waals surface area contributed by atoms with E-state index in [-0.39, 0.29) is 24.0 Å². The predicted octanol–water partition coefficient (Wildman–Crippen LogP) is 2.40. The number of nitrogens with zero attached hydrogens (tertiary/aromatic N) is 3. The van der Waals surface area contributed by atoms with Crippen LogP contribution in [0.15, 0.2) is 4.99 Å². The van der Waals surface area contributed by atoms with E-state index in [1.807, 2.05) is 7.05 Å². The highest BCUT2D eigenvalue weighted by Gasteiger charge is 2.19. The molecule has 0 bridgehead atoms. The maximum Gasteiger partial charge on any atom is 0.193 e. The standard InChI is InChI=1S/C15H30N4.HI/c1-3-18-12-7-14(8-13-18)6-9-17-15(16-2)19-10-4-5-11-19;/h14H,3-13H2,1-2H3,(H,16,17);1H. The minimum Gasteiger partial charge on any atom is -0.356 e. The molecule has 2 aliphatic rings. The van der Waals surface area contributed by atoms with Gasteiger partial charge < -0.3 is 15.1 Å². The van der Waals surface area contributed by atoms with Crippen LogP contribution in [0.2, 0.25) is 0 Å². The van der Waals surface area contributed by atoms with Crippen LogP contribution in [0.1, 0.15) is 39.0 Å². The average molecular weight is 394 g/mol.